The topological polar surface area (TPSA) is 105 Å². The molecule has 11 heteroatoms. The predicted octanol–water partition coefficient (Wildman–Crippen LogP) is 2.02. The number of nitrogens with one attached hydrogen (secondary N) is 1. The number of anilines is 1. The Labute approximate surface area is 185 Å². The Hall–Kier alpha value is -2.88. The summed E-state index contributed by atoms with van der Waals surface area (Å²) in [5.41, 5.74) is 0. The summed E-state index contributed by atoms with van der Waals surface area (Å²) in [4.78, 5) is 41.7. The third-order valence-electron chi connectivity index (χ3n) is 5.15. The molecule has 31 heavy (non-hydrogen) atoms. The first kappa shape index (κ1) is 21.4. The lowest BCUT2D eigenvalue weighted by Gasteiger charge is -2.41. The number of aromatic nitrogens is 4. The molecule has 1 aliphatic heterocycles. The number of halogens is 1. The number of nitrogens with zero attached hydrogens (tertiary/aromatic N) is 6. The van der Waals surface area contributed by atoms with Gasteiger partial charge >= 0.3 is 6.09 Å². The third kappa shape index (κ3) is 5.43. The van der Waals surface area contributed by atoms with Crippen molar-refractivity contribution in [1.29, 1.82) is 0 Å². The molecule has 166 valence electrons. The van der Waals surface area contributed by atoms with Crippen molar-refractivity contribution >= 4 is 29.4 Å². The zero-order valence-corrected chi connectivity index (χ0v) is 18.3. The standard InChI is InChI=1S/C20H26ClN7O3/c1-13(2)31-20(30)28-8-7-26(11-15(28)9-18(29)23-14-3-4-14)17-10-16(21)24-19(25-17)27-6-5-22-12-27/h5-6,10,12-15H,3-4,7-9,11H2,1-2H3,(H,23,29). The van der Waals surface area contributed by atoms with Crippen LogP contribution < -0.4 is 10.2 Å². The van der Waals surface area contributed by atoms with Crippen molar-refractivity contribution in [2.24, 2.45) is 0 Å². The number of rotatable bonds is 6. The summed E-state index contributed by atoms with van der Waals surface area (Å²) in [7, 11) is 0. The van der Waals surface area contributed by atoms with Gasteiger partial charge in [-0.05, 0) is 26.7 Å². The molecule has 2 fully saturated rings. The monoisotopic (exact) mass is 447 g/mol. The molecule has 1 atom stereocenters. The highest BCUT2D eigenvalue weighted by molar-refractivity contribution is 6.29. The van der Waals surface area contributed by atoms with E-state index >= 15 is 0 Å². The van der Waals surface area contributed by atoms with Crippen LogP contribution in [-0.2, 0) is 9.53 Å². The number of amides is 2. The van der Waals surface area contributed by atoms with E-state index < -0.39 is 6.09 Å². The molecule has 2 amide bonds. The highest BCUT2D eigenvalue weighted by Gasteiger charge is 2.35. The van der Waals surface area contributed by atoms with Crippen LogP contribution in [-0.4, -0.2) is 74.2 Å². The van der Waals surface area contributed by atoms with Gasteiger partial charge in [-0.15, -0.1) is 0 Å². The van der Waals surface area contributed by atoms with Gasteiger partial charge in [0.1, 0.15) is 17.3 Å². The molecule has 1 saturated heterocycles. The van der Waals surface area contributed by atoms with Gasteiger partial charge in [0.25, 0.3) is 0 Å². The van der Waals surface area contributed by atoms with Gasteiger partial charge in [0, 0.05) is 50.6 Å². The number of hydrogen-bond acceptors (Lipinski definition) is 7. The van der Waals surface area contributed by atoms with Crippen molar-refractivity contribution < 1.29 is 14.3 Å². The molecular formula is C20H26ClN7O3. The molecule has 4 rings (SSSR count). The first-order valence-electron chi connectivity index (χ1n) is 10.4. The van der Waals surface area contributed by atoms with Crippen molar-refractivity contribution in [3.8, 4) is 5.95 Å². The minimum atomic E-state index is -0.404. The van der Waals surface area contributed by atoms with Crippen LogP contribution in [0.4, 0.5) is 10.6 Å². The lowest BCUT2D eigenvalue weighted by atomic mass is 10.1. The van der Waals surface area contributed by atoms with Gasteiger partial charge in [0.05, 0.1) is 12.1 Å². The Balaban J connectivity index is 1.53. The van der Waals surface area contributed by atoms with Crippen molar-refractivity contribution in [1.82, 2.24) is 29.7 Å². The van der Waals surface area contributed by atoms with Crippen molar-refractivity contribution in [2.75, 3.05) is 24.5 Å². The minimum Gasteiger partial charge on any atom is -0.447 e. The van der Waals surface area contributed by atoms with Gasteiger partial charge in [-0.3, -0.25) is 9.36 Å². The van der Waals surface area contributed by atoms with E-state index in [9.17, 15) is 9.59 Å². The minimum absolute atomic E-state index is 0.0588. The molecule has 0 bridgehead atoms. The van der Waals surface area contributed by atoms with Gasteiger partial charge in [0.15, 0.2) is 0 Å². The second kappa shape index (κ2) is 9.09. The van der Waals surface area contributed by atoms with Crippen LogP contribution in [0.3, 0.4) is 0 Å². The Bertz CT molecular complexity index is 933. The van der Waals surface area contributed by atoms with E-state index in [2.05, 4.69) is 20.3 Å². The van der Waals surface area contributed by atoms with E-state index in [4.69, 9.17) is 16.3 Å². The Morgan fingerprint density at radius 2 is 2.10 bits per heavy atom. The van der Waals surface area contributed by atoms with E-state index in [0.29, 0.717) is 36.6 Å². The second-order valence-electron chi connectivity index (χ2n) is 8.09. The molecular weight excluding hydrogens is 422 g/mol. The van der Waals surface area contributed by atoms with Gasteiger partial charge in [-0.25, -0.2) is 14.8 Å². The summed E-state index contributed by atoms with van der Waals surface area (Å²) in [5.74, 6) is 0.981. The van der Waals surface area contributed by atoms with Gasteiger partial charge < -0.3 is 19.9 Å². The normalized spacial score (nSPS) is 18.9. The fraction of sp³-hybridized carbons (Fsp3) is 0.550. The van der Waals surface area contributed by atoms with Crippen LogP contribution in [0.2, 0.25) is 5.15 Å². The van der Waals surface area contributed by atoms with Gasteiger partial charge in [0.2, 0.25) is 11.9 Å². The Morgan fingerprint density at radius 3 is 2.77 bits per heavy atom. The predicted molar refractivity (Wildman–Crippen MR) is 114 cm³/mol. The van der Waals surface area contributed by atoms with Crippen molar-refractivity contribution in [3.05, 3.63) is 29.9 Å². The molecule has 2 aromatic heterocycles. The zero-order valence-electron chi connectivity index (χ0n) is 17.6. The number of carbonyl (C=O) groups is 2. The lowest BCUT2D eigenvalue weighted by molar-refractivity contribution is -0.122. The number of imidazole rings is 1. The fourth-order valence-corrected chi connectivity index (χ4v) is 3.70. The van der Waals surface area contributed by atoms with E-state index in [-0.39, 0.29) is 30.5 Å². The SMILES string of the molecule is CC(C)OC(=O)N1CCN(c2cc(Cl)nc(-n3ccnc3)n2)CC1CC(=O)NC1CC1. The second-order valence-corrected chi connectivity index (χ2v) is 8.48. The summed E-state index contributed by atoms with van der Waals surface area (Å²) < 4.78 is 7.08. The summed E-state index contributed by atoms with van der Waals surface area (Å²) in [6.07, 6.45) is 6.56. The van der Waals surface area contributed by atoms with Gasteiger partial charge in [-0.1, -0.05) is 11.6 Å². The van der Waals surface area contributed by atoms with Crippen LogP contribution in [0.25, 0.3) is 5.95 Å². The first-order chi connectivity index (χ1) is 14.9. The quantitative estimate of drug-likeness (QED) is 0.675. The average Bonchev–Trinajstić information content (AvgIpc) is 3.35. The van der Waals surface area contributed by atoms with E-state index in [1.165, 1.54) is 0 Å². The molecule has 1 saturated carbocycles. The van der Waals surface area contributed by atoms with Crippen LogP contribution >= 0.6 is 11.6 Å². The Kier molecular flexibility index (Phi) is 6.26. The van der Waals surface area contributed by atoms with Crippen molar-refractivity contribution in [3.63, 3.8) is 0 Å². The van der Waals surface area contributed by atoms with Crippen molar-refractivity contribution in [2.45, 2.75) is 51.3 Å². The average molecular weight is 448 g/mol. The highest BCUT2D eigenvalue weighted by atomic mass is 35.5. The van der Waals surface area contributed by atoms with Crippen LogP contribution in [0.1, 0.15) is 33.1 Å². The van der Waals surface area contributed by atoms with E-state index in [1.807, 2.05) is 18.7 Å². The first-order valence-corrected chi connectivity index (χ1v) is 10.8. The van der Waals surface area contributed by atoms with E-state index in [0.717, 1.165) is 12.8 Å². The molecule has 2 aliphatic rings. The zero-order chi connectivity index (χ0) is 22.0. The molecule has 0 radical (unpaired) electrons. The van der Waals surface area contributed by atoms with Crippen LogP contribution in [0, 0.1) is 0 Å². The fourth-order valence-electron chi connectivity index (χ4n) is 3.53. The number of piperazine rings is 1. The molecule has 1 unspecified atom stereocenters. The van der Waals surface area contributed by atoms with Crippen LogP contribution in [0.15, 0.2) is 24.8 Å². The molecule has 10 nitrogen and oxygen atoms in total. The molecule has 1 aliphatic carbocycles. The summed E-state index contributed by atoms with van der Waals surface area (Å²) in [6.45, 7) is 4.99. The lowest BCUT2D eigenvalue weighted by Crippen LogP contribution is -2.57. The van der Waals surface area contributed by atoms with Gasteiger partial charge in [-0.2, -0.15) is 4.98 Å². The maximum atomic E-state index is 12.6. The number of carbonyl (C=O) groups excluding carboxylic acids is 2. The Morgan fingerprint density at radius 1 is 1.29 bits per heavy atom. The molecule has 0 aromatic carbocycles. The smallest absolute Gasteiger partial charge is 0.410 e. The summed E-state index contributed by atoms with van der Waals surface area (Å²) >= 11 is 6.25. The molecule has 0 spiro atoms. The maximum Gasteiger partial charge on any atom is 0.410 e. The number of hydrogen-bond donors (Lipinski definition) is 1. The maximum absolute atomic E-state index is 12.6. The molecule has 1 N–H and O–H groups in total. The van der Waals surface area contributed by atoms with E-state index in [1.54, 1.807) is 34.3 Å². The molecule has 3 heterocycles. The molecule has 2 aromatic rings. The number of ether oxygens (including phenoxy) is 1. The largest absolute Gasteiger partial charge is 0.447 e. The van der Waals surface area contributed by atoms with Crippen LogP contribution in [0.5, 0.6) is 0 Å². The summed E-state index contributed by atoms with van der Waals surface area (Å²) in [6, 6.07) is 1.61. The third-order valence-corrected chi connectivity index (χ3v) is 5.34. The highest BCUT2D eigenvalue weighted by Crippen LogP contribution is 2.24. The summed E-state index contributed by atoms with van der Waals surface area (Å²) in [5, 5.41) is 3.30.